The summed E-state index contributed by atoms with van der Waals surface area (Å²) in [5.74, 6) is -2.10. The maximum Gasteiger partial charge on any atom is 0.355 e. The molecule has 2 aromatic rings. The predicted molar refractivity (Wildman–Crippen MR) is 116 cm³/mol. The summed E-state index contributed by atoms with van der Waals surface area (Å²) in [4.78, 5) is 54.6. The van der Waals surface area contributed by atoms with Crippen LogP contribution in [-0.4, -0.2) is 47.7 Å². The normalized spacial score (nSPS) is 13.1. The molecule has 1 aliphatic rings. The molecule has 32 heavy (non-hydrogen) atoms. The Morgan fingerprint density at radius 2 is 1.88 bits per heavy atom. The van der Waals surface area contributed by atoms with Gasteiger partial charge in [0.1, 0.15) is 10.6 Å². The number of nitrogens with zero attached hydrogens (tertiary/aromatic N) is 3. The van der Waals surface area contributed by atoms with Gasteiger partial charge in [-0.05, 0) is 19.4 Å². The fourth-order valence-corrected chi connectivity index (χ4v) is 3.80. The monoisotopic (exact) mass is 458 g/mol. The van der Waals surface area contributed by atoms with E-state index in [0.717, 1.165) is 16.9 Å². The fourth-order valence-electron chi connectivity index (χ4n) is 2.82. The van der Waals surface area contributed by atoms with E-state index in [9.17, 15) is 19.2 Å². The van der Waals surface area contributed by atoms with Crippen molar-refractivity contribution in [1.82, 2.24) is 10.4 Å². The Hall–Kier alpha value is -3.60. The third kappa shape index (κ3) is 5.76. The number of hydrogen-bond donors (Lipinski definition) is 1. The van der Waals surface area contributed by atoms with E-state index in [4.69, 9.17) is 9.47 Å². The number of anilines is 1. The number of hydrogen-bond acceptors (Lipinski definition) is 9. The molecule has 0 saturated carbocycles. The summed E-state index contributed by atoms with van der Waals surface area (Å²) in [5.41, 5.74) is 3.53. The second-order valence-electron chi connectivity index (χ2n) is 6.77. The smallest absolute Gasteiger partial charge is 0.355 e. The lowest BCUT2D eigenvalue weighted by Gasteiger charge is -2.20. The van der Waals surface area contributed by atoms with Crippen LogP contribution in [0.3, 0.4) is 0 Å². The number of carbonyl (C=O) groups excluding carboxylic acids is 4. The van der Waals surface area contributed by atoms with Crippen molar-refractivity contribution in [3.05, 3.63) is 46.5 Å². The molecule has 11 heteroatoms. The topological polar surface area (TPSA) is 127 Å². The van der Waals surface area contributed by atoms with Crippen LogP contribution in [0.5, 0.6) is 0 Å². The third-order valence-electron chi connectivity index (χ3n) is 4.43. The van der Waals surface area contributed by atoms with Crippen LogP contribution in [0, 0.1) is 6.92 Å². The minimum absolute atomic E-state index is 0.0432. The predicted octanol–water partition coefficient (Wildman–Crippen LogP) is 1.97. The Labute approximate surface area is 188 Å². The van der Waals surface area contributed by atoms with E-state index in [2.05, 4.69) is 15.5 Å². The minimum Gasteiger partial charge on any atom is -0.462 e. The van der Waals surface area contributed by atoms with Crippen molar-refractivity contribution < 1.29 is 28.7 Å². The molecule has 1 aromatic carbocycles. The first-order valence-corrected chi connectivity index (χ1v) is 10.7. The summed E-state index contributed by atoms with van der Waals surface area (Å²) in [6.07, 6.45) is 0.262. The fraction of sp³-hybridized carbons (Fsp3) is 0.333. The first kappa shape index (κ1) is 23.1. The molecule has 0 bridgehead atoms. The highest BCUT2D eigenvalue weighted by molar-refractivity contribution is 7.17. The number of aryl methyl sites for hydroxylation is 1. The lowest BCUT2D eigenvalue weighted by molar-refractivity contribution is -0.141. The van der Waals surface area contributed by atoms with E-state index in [0.29, 0.717) is 10.6 Å². The van der Waals surface area contributed by atoms with Crippen molar-refractivity contribution in [3.8, 4) is 0 Å². The van der Waals surface area contributed by atoms with Gasteiger partial charge in [-0.2, -0.15) is 5.10 Å². The average molecular weight is 458 g/mol. The first-order chi connectivity index (χ1) is 15.4. The van der Waals surface area contributed by atoms with Gasteiger partial charge in [0.05, 0.1) is 18.8 Å². The van der Waals surface area contributed by atoms with Crippen LogP contribution < -0.4 is 10.3 Å². The molecule has 2 heterocycles. The van der Waals surface area contributed by atoms with Crippen LogP contribution in [0.25, 0.3) is 0 Å². The van der Waals surface area contributed by atoms with Crippen molar-refractivity contribution in [3.63, 3.8) is 0 Å². The van der Waals surface area contributed by atoms with Crippen LogP contribution in [0.15, 0.2) is 35.4 Å². The van der Waals surface area contributed by atoms with Crippen molar-refractivity contribution in [1.29, 1.82) is 0 Å². The lowest BCUT2D eigenvalue weighted by Crippen LogP contribution is -2.36. The summed E-state index contributed by atoms with van der Waals surface area (Å²) in [5, 5.41) is 3.96. The highest BCUT2D eigenvalue weighted by atomic mass is 32.1. The maximum atomic E-state index is 13.0. The van der Waals surface area contributed by atoms with Crippen LogP contribution in [0.4, 0.5) is 5.13 Å². The average Bonchev–Trinajstić information content (AvgIpc) is 3.18. The van der Waals surface area contributed by atoms with Crippen LogP contribution in [0.1, 0.15) is 40.7 Å². The van der Waals surface area contributed by atoms with Gasteiger partial charge in [-0.25, -0.2) is 20.0 Å². The van der Waals surface area contributed by atoms with E-state index in [-0.39, 0.29) is 42.7 Å². The second-order valence-corrected chi connectivity index (χ2v) is 7.74. The second kappa shape index (κ2) is 10.6. The quantitative estimate of drug-likeness (QED) is 0.599. The standard InChI is InChI=1S/C21H22N4O6S/c1-3-30-20(29)18-13(2)22-21(32-18)25(11-14-7-5-4-6-8-14)17(27)12-31-19(28)15-9-10-16(26)24-23-15/h4-8H,3,9-12H2,1-2H3,(H,24,26). The molecule has 1 aliphatic heterocycles. The van der Waals surface area contributed by atoms with Crippen molar-refractivity contribution in [2.45, 2.75) is 33.2 Å². The number of thiazole rings is 1. The van der Waals surface area contributed by atoms with Gasteiger partial charge in [-0.1, -0.05) is 41.7 Å². The molecule has 2 amide bonds. The minimum atomic E-state index is -0.777. The van der Waals surface area contributed by atoms with Crippen LogP contribution in [-0.2, 0) is 30.4 Å². The third-order valence-corrected chi connectivity index (χ3v) is 5.59. The maximum absolute atomic E-state index is 13.0. The molecule has 168 valence electrons. The van der Waals surface area contributed by atoms with Gasteiger partial charge < -0.3 is 9.47 Å². The lowest BCUT2D eigenvalue weighted by atomic mass is 10.2. The molecule has 1 N–H and O–H groups in total. The molecule has 1 aromatic heterocycles. The Kier molecular flexibility index (Phi) is 7.66. The molecule has 0 aliphatic carbocycles. The molecule has 3 rings (SSSR count). The van der Waals surface area contributed by atoms with Gasteiger partial charge in [0.2, 0.25) is 5.91 Å². The zero-order chi connectivity index (χ0) is 23.1. The highest BCUT2D eigenvalue weighted by Gasteiger charge is 2.26. The van der Waals surface area contributed by atoms with E-state index in [1.807, 2.05) is 30.3 Å². The van der Waals surface area contributed by atoms with E-state index < -0.39 is 24.5 Å². The first-order valence-electron chi connectivity index (χ1n) is 9.90. The zero-order valence-electron chi connectivity index (χ0n) is 17.6. The molecule has 0 fully saturated rings. The number of aromatic nitrogens is 1. The Balaban J connectivity index is 1.77. The SMILES string of the molecule is CCOC(=O)c1sc(N(Cc2ccccc2)C(=O)COC(=O)C2=NNC(=O)CC2)nc1C. The summed E-state index contributed by atoms with van der Waals surface area (Å²) in [7, 11) is 0. The van der Waals surface area contributed by atoms with Crippen molar-refractivity contribution >= 4 is 45.9 Å². The zero-order valence-corrected chi connectivity index (χ0v) is 18.4. The van der Waals surface area contributed by atoms with E-state index in [1.165, 1.54) is 4.90 Å². The molecule has 0 spiro atoms. The summed E-state index contributed by atoms with van der Waals surface area (Å²) in [6.45, 7) is 3.21. The van der Waals surface area contributed by atoms with Gasteiger partial charge in [-0.15, -0.1) is 0 Å². The summed E-state index contributed by atoms with van der Waals surface area (Å²) >= 11 is 1.03. The molecule has 0 saturated heterocycles. The molecule has 0 radical (unpaired) electrons. The van der Waals surface area contributed by atoms with E-state index in [1.54, 1.807) is 13.8 Å². The molecule has 0 atom stereocenters. The van der Waals surface area contributed by atoms with E-state index >= 15 is 0 Å². The Bertz CT molecular complexity index is 1050. The number of benzene rings is 1. The number of ether oxygens (including phenoxy) is 2. The van der Waals surface area contributed by atoms with Crippen molar-refractivity contribution in [2.75, 3.05) is 18.1 Å². The largest absolute Gasteiger partial charge is 0.462 e. The molecule has 10 nitrogen and oxygen atoms in total. The highest BCUT2D eigenvalue weighted by Crippen LogP contribution is 2.28. The van der Waals surface area contributed by atoms with Crippen molar-refractivity contribution in [2.24, 2.45) is 5.10 Å². The van der Waals surface area contributed by atoms with Gasteiger partial charge in [0.15, 0.2) is 11.7 Å². The molecular weight excluding hydrogens is 436 g/mol. The number of esters is 2. The Morgan fingerprint density at radius 1 is 1.12 bits per heavy atom. The van der Waals surface area contributed by atoms with Crippen LogP contribution in [0.2, 0.25) is 0 Å². The Morgan fingerprint density at radius 3 is 2.53 bits per heavy atom. The molecule has 0 unspecified atom stereocenters. The number of rotatable bonds is 8. The van der Waals surface area contributed by atoms with Gasteiger partial charge in [0.25, 0.3) is 5.91 Å². The van der Waals surface area contributed by atoms with Crippen LogP contribution >= 0.6 is 11.3 Å². The number of carbonyl (C=O) groups is 4. The summed E-state index contributed by atoms with van der Waals surface area (Å²) in [6, 6.07) is 9.22. The summed E-state index contributed by atoms with van der Waals surface area (Å²) < 4.78 is 10.2. The molecular formula is C21H22N4O6S. The van der Waals surface area contributed by atoms with Gasteiger partial charge >= 0.3 is 11.9 Å². The van der Waals surface area contributed by atoms with Gasteiger partial charge in [0, 0.05) is 12.8 Å². The number of hydrazone groups is 1. The number of amides is 2. The van der Waals surface area contributed by atoms with Gasteiger partial charge in [-0.3, -0.25) is 14.5 Å². The number of nitrogens with one attached hydrogen (secondary N) is 1.